The minimum absolute atomic E-state index is 0.109. The Morgan fingerprint density at radius 3 is 2.78 bits per heavy atom. The molecule has 0 aliphatic heterocycles. The number of nitrogens with one attached hydrogen (secondary N) is 2. The van der Waals surface area contributed by atoms with E-state index in [-0.39, 0.29) is 16.8 Å². The van der Waals surface area contributed by atoms with Crippen LogP contribution in [0, 0.1) is 5.82 Å². The number of halogens is 1. The number of hydrogen-bond donors (Lipinski definition) is 3. The predicted molar refractivity (Wildman–Crippen MR) is 82.4 cm³/mol. The molecule has 1 amide bonds. The summed E-state index contributed by atoms with van der Waals surface area (Å²) in [5.74, 6) is -2.19. The number of aliphatic carboxylic acids is 1. The fourth-order valence-corrected chi connectivity index (χ4v) is 2.23. The number of carbonyl (C=O) groups excluding carboxylic acids is 1. The Bertz CT molecular complexity index is 699. The normalized spacial score (nSPS) is 11.9. The zero-order valence-electron chi connectivity index (χ0n) is 12.7. The molecule has 0 aliphatic rings. The number of carbonyl (C=O) groups is 2. The molecule has 1 unspecified atom stereocenters. The van der Waals surface area contributed by atoms with Gasteiger partial charge in [0.2, 0.25) is 0 Å². The maximum absolute atomic E-state index is 13.9. The Kier molecular flexibility index (Phi) is 5.46. The molecule has 1 aromatic carbocycles. The molecule has 7 heteroatoms. The van der Waals surface area contributed by atoms with Gasteiger partial charge in [-0.15, -0.1) is 0 Å². The third-order valence-corrected chi connectivity index (χ3v) is 3.48. The summed E-state index contributed by atoms with van der Waals surface area (Å²) in [7, 11) is 0. The van der Waals surface area contributed by atoms with Crippen LogP contribution < -0.4 is 5.32 Å². The van der Waals surface area contributed by atoms with E-state index in [1.54, 1.807) is 12.1 Å². The summed E-state index contributed by atoms with van der Waals surface area (Å²) in [5.41, 5.74) is 0.536. The second-order valence-electron chi connectivity index (χ2n) is 5.15. The van der Waals surface area contributed by atoms with Crippen LogP contribution in [0.5, 0.6) is 0 Å². The van der Waals surface area contributed by atoms with Crippen LogP contribution in [-0.4, -0.2) is 33.2 Å². The third-order valence-electron chi connectivity index (χ3n) is 3.48. The van der Waals surface area contributed by atoms with E-state index in [1.165, 1.54) is 18.3 Å². The van der Waals surface area contributed by atoms with Gasteiger partial charge in [0.25, 0.3) is 5.91 Å². The summed E-state index contributed by atoms with van der Waals surface area (Å²) in [6.45, 7) is 1.94. The molecule has 6 nitrogen and oxygen atoms in total. The Labute approximate surface area is 132 Å². The lowest BCUT2D eigenvalue weighted by Gasteiger charge is -2.14. The molecule has 0 saturated heterocycles. The van der Waals surface area contributed by atoms with Gasteiger partial charge in [0, 0.05) is 5.56 Å². The Morgan fingerprint density at radius 2 is 2.13 bits per heavy atom. The Hall–Kier alpha value is -2.70. The topological polar surface area (TPSA) is 95.1 Å². The van der Waals surface area contributed by atoms with E-state index in [0.29, 0.717) is 12.8 Å². The van der Waals surface area contributed by atoms with Crippen LogP contribution in [0.1, 0.15) is 36.5 Å². The van der Waals surface area contributed by atoms with Crippen molar-refractivity contribution < 1.29 is 19.1 Å². The van der Waals surface area contributed by atoms with Gasteiger partial charge in [-0.05, 0) is 18.6 Å². The Balaban J connectivity index is 2.23. The predicted octanol–water partition coefficient (Wildman–Crippen LogP) is 2.59. The number of hydrogen-bond acceptors (Lipinski definition) is 3. The van der Waals surface area contributed by atoms with Crippen LogP contribution in [0.2, 0.25) is 0 Å². The quantitative estimate of drug-likeness (QED) is 0.731. The van der Waals surface area contributed by atoms with Gasteiger partial charge in [0.15, 0.2) is 0 Å². The summed E-state index contributed by atoms with van der Waals surface area (Å²) in [5, 5.41) is 18.0. The average Bonchev–Trinajstić information content (AvgIpc) is 3.00. The van der Waals surface area contributed by atoms with Crippen molar-refractivity contribution in [3.8, 4) is 11.3 Å². The van der Waals surface area contributed by atoms with Crippen LogP contribution in [0.25, 0.3) is 11.3 Å². The van der Waals surface area contributed by atoms with Gasteiger partial charge in [-0.1, -0.05) is 31.9 Å². The lowest BCUT2D eigenvalue weighted by molar-refractivity contribution is -0.139. The van der Waals surface area contributed by atoms with Crippen molar-refractivity contribution in [2.45, 2.75) is 32.2 Å². The number of aromatic amines is 1. The molecule has 122 valence electrons. The van der Waals surface area contributed by atoms with Crippen LogP contribution in [0.3, 0.4) is 0 Å². The molecule has 2 aromatic rings. The van der Waals surface area contributed by atoms with Crippen LogP contribution in [-0.2, 0) is 4.79 Å². The van der Waals surface area contributed by atoms with Crippen molar-refractivity contribution in [3.05, 3.63) is 41.8 Å². The van der Waals surface area contributed by atoms with Crippen LogP contribution >= 0.6 is 0 Å². The largest absolute Gasteiger partial charge is 0.480 e. The molecule has 1 atom stereocenters. The number of aromatic nitrogens is 2. The second kappa shape index (κ2) is 7.53. The van der Waals surface area contributed by atoms with E-state index in [2.05, 4.69) is 15.5 Å². The first-order valence-electron chi connectivity index (χ1n) is 7.36. The molecule has 0 saturated carbocycles. The highest BCUT2D eigenvalue weighted by molar-refractivity contribution is 6.01. The number of rotatable bonds is 7. The standard InChI is InChI=1S/C16H18FN3O3/c1-2-3-8-13(16(22)23)19-15(21)11-9-18-20-14(11)10-6-4-5-7-12(10)17/h4-7,9,13H,2-3,8H2,1H3,(H,18,20)(H,19,21)(H,22,23). The maximum atomic E-state index is 13.9. The van der Waals surface area contributed by atoms with Gasteiger partial charge in [0.05, 0.1) is 17.5 Å². The molecule has 1 aromatic heterocycles. The highest BCUT2D eigenvalue weighted by atomic mass is 19.1. The van der Waals surface area contributed by atoms with Crippen molar-refractivity contribution in [1.29, 1.82) is 0 Å². The molecule has 23 heavy (non-hydrogen) atoms. The van der Waals surface area contributed by atoms with Gasteiger partial charge in [-0.25, -0.2) is 9.18 Å². The zero-order valence-corrected chi connectivity index (χ0v) is 12.7. The molecule has 3 N–H and O–H groups in total. The first kappa shape index (κ1) is 16.7. The molecule has 2 rings (SSSR count). The molecule has 0 spiro atoms. The lowest BCUT2D eigenvalue weighted by Crippen LogP contribution is -2.40. The van der Waals surface area contributed by atoms with Crippen molar-refractivity contribution in [2.24, 2.45) is 0 Å². The number of nitrogens with zero attached hydrogens (tertiary/aromatic N) is 1. The van der Waals surface area contributed by atoms with E-state index in [4.69, 9.17) is 0 Å². The molecule has 1 heterocycles. The molecular formula is C16H18FN3O3. The van der Waals surface area contributed by atoms with Gasteiger partial charge in [-0.3, -0.25) is 9.89 Å². The number of amides is 1. The number of carboxylic acids is 1. The van der Waals surface area contributed by atoms with E-state index in [9.17, 15) is 19.1 Å². The van der Waals surface area contributed by atoms with Gasteiger partial charge in [0.1, 0.15) is 11.9 Å². The zero-order chi connectivity index (χ0) is 16.8. The Morgan fingerprint density at radius 1 is 1.39 bits per heavy atom. The summed E-state index contributed by atoms with van der Waals surface area (Å²) in [6.07, 6.45) is 3.11. The van der Waals surface area contributed by atoms with Gasteiger partial charge in [-0.2, -0.15) is 5.10 Å². The SMILES string of the molecule is CCCCC(NC(=O)c1cn[nH]c1-c1ccccc1F)C(=O)O. The smallest absolute Gasteiger partial charge is 0.326 e. The minimum atomic E-state index is -1.09. The van der Waals surface area contributed by atoms with Crippen LogP contribution in [0.15, 0.2) is 30.5 Å². The highest BCUT2D eigenvalue weighted by Crippen LogP contribution is 2.24. The first-order valence-corrected chi connectivity index (χ1v) is 7.36. The highest BCUT2D eigenvalue weighted by Gasteiger charge is 2.23. The van der Waals surface area contributed by atoms with Crippen molar-refractivity contribution in [2.75, 3.05) is 0 Å². The summed E-state index contributed by atoms with van der Waals surface area (Å²) < 4.78 is 13.9. The molecule has 0 fully saturated rings. The fraction of sp³-hybridized carbons (Fsp3) is 0.312. The van der Waals surface area contributed by atoms with Crippen molar-refractivity contribution in [3.63, 3.8) is 0 Å². The van der Waals surface area contributed by atoms with Crippen molar-refractivity contribution >= 4 is 11.9 Å². The summed E-state index contributed by atoms with van der Waals surface area (Å²) in [4.78, 5) is 23.6. The van der Waals surface area contributed by atoms with E-state index >= 15 is 0 Å². The molecule has 0 bridgehead atoms. The van der Waals surface area contributed by atoms with Crippen LogP contribution in [0.4, 0.5) is 4.39 Å². The number of carboxylic acid groups (broad SMARTS) is 1. The van der Waals surface area contributed by atoms with E-state index < -0.39 is 23.7 Å². The van der Waals surface area contributed by atoms with Crippen molar-refractivity contribution in [1.82, 2.24) is 15.5 Å². The number of H-pyrrole nitrogens is 1. The summed E-state index contributed by atoms with van der Waals surface area (Å²) >= 11 is 0. The number of unbranched alkanes of at least 4 members (excludes halogenated alkanes) is 1. The minimum Gasteiger partial charge on any atom is -0.480 e. The summed E-state index contributed by atoms with van der Waals surface area (Å²) in [6, 6.07) is 5.00. The monoisotopic (exact) mass is 319 g/mol. The van der Waals surface area contributed by atoms with Gasteiger partial charge >= 0.3 is 5.97 Å². The van der Waals surface area contributed by atoms with E-state index in [1.807, 2.05) is 6.92 Å². The molecule has 0 radical (unpaired) electrons. The lowest BCUT2D eigenvalue weighted by atomic mass is 10.1. The maximum Gasteiger partial charge on any atom is 0.326 e. The fourth-order valence-electron chi connectivity index (χ4n) is 2.23. The second-order valence-corrected chi connectivity index (χ2v) is 5.15. The first-order chi connectivity index (χ1) is 11.0. The third kappa shape index (κ3) is 3.94. The average molecular weight is 319 g/mol. The molecular weight excluding hydrogens is 301 g/mol. The van der Waals surface area contributed by atoms with E-state index in [0.717, 1.165) is 6.42 Å². The molecule has 0 aliphatic carbocycles. The van der Waals surface area contributed by atoms with Gasteiger partial charge < -0.3 is 10.4 Å². The number of benzene rings is 1.